The van der Waals surface area contributed by atoms with Gasteiger partial charge in [-0.15, -0.1) is 11.3 Å². The largest absolute Gasteiger partial charge is 0.386 e. The highest BCUT2D eigenvalue weighted by Gasteiger charge is 2.24. The Morgan fingerprint density at radius 3 is 2.10 bits per heavy atom. The van der Waals surface area contributed by atoms with Crippen LogP contribution in [-0.4, -0.2) is 15.3 Å². The molecule has 2 amide bonds. The number of benzene rings is 1. The Labute approximate surface area is 176 Å². The van der Waals surface area contributed by atoms with Crippen molar-refractivity contribution in [3.05, 3.63) is 46.1 Å². The zero-order valence-corrected chi connectivity index (χ0v) is 19.2. The maximum Gasteiger partial charge on any atom is 0.330 e. The number of thiol groups is 1. The molecule has 9 heteroatoms. The molecule has 0 aliphatic heterocycles. The van der Waals surface area contributed by atoms with Gasteiger partial charge in [0.05, 0.1) is 9.81 Å². The molecule has 0 saturated heterocycles. The summed E-state index contributed by atoms with van der Waals surface area (Å²) in [4.78, 5) is 12.6. The first-order valence-electron chi connectivity index (χ1n) is 9.35. The van der Waals surface area contributed by atoms with Crippen molar-refractivity contribution in [2.75, 3.05) is 5.32 Å². The average Bonchev–Trinajstić information content (AvgIpc) is 3.06. The van der Waals surface area contributed by atoms with Crippen molar-refractivity contribution >= 4 is 33.4 Å². The third-order valence-corrected chi connectivity index (χ3v) is 7.71. The van der Waals surface area contributed by atoms with E-state index in [1.807, 2.05) is 27.7 Å². The number of rotatable bonds is 6. The lowest BCUT2D eigenvalue weighted by atomic mass is 9.92. The van der Waals surface area contributed by atoms with E-state index in [0.717, 1.165) is 11.3 Å². The summed E-state index contributed by atoms with van der Waals surface area (Å²) in [6.07, 6.45) is 0. The first-order chi connectivity index (χ1) is 13.2. The van der Waals surface area contributed by atoms with Gasteiger partial charge in [-0.2, -0.15) is 0 Å². The first kappa shape index (κ1) is 23.5. The molecule has 1 aromatic heterocycles. The minimum absolute atomic E-state index is 0.0326. The summed E-state index contributed by atoms with van der Waals surface area (Å²) < 4.78 is 29.6. The zero-order chi connectivity index (χ0) is 22.1. The standard InChI is InChI=1S/C20H30FN3O3S2/c1-11(2)15-8-14(21)9-16(12(3)4)18(15)23-19(25)24-29(22,27)17-7-13(10-28-17)20(5,6)26/h7-12,26,29H,1-6H3,(H4,22,23,24,25,27). The van der Waals surface area contributed by atoms with Gasteiger partial charge in [0.1, 0.15) is 5.82 Å². The molecule has 0 aliphatic carbocycles. The van der Waals surface area contributed by atoms with Crippen LogP contribution in [0.15, 0.2) is 27.8 Å². The summed E-state index contributed by atoms with van der Waals surface area (Å²) in [5, 5.41) is 20.4. The molecule has 0 bridgehead atoms. The number of thiophene rings is 1. The van der Waals surface area contributed by atoms with Crippen LogP contribution in [0, 0.1) is 5.82 Å². The Morgan fingerprint density at radius 1 is 1.17 bits per heavy atom. The minimum atomic E-state index is -3.70. The lowest BCUT2D eigenvalue weighted by Crippen LogP contribution is -2.44. The van der Waals surface area contributed by atoms with E-state index in [-0.39, 0.29) is 21.9 Å². The summed E-state index contributed by atoms with van der Waals surface area (Å²) in [6.45, 7) is 10.8. The second-order valence-electron chi connectivity index (χ2n) is 8.23. The van der Waals surface area contributed by atoms with Gasteiger partial charge >= 0.3 is 6.03 Å². The van der Waals surface area contributed by atoms with Crippen LogP contribution < -0.4 is 15.2 Å². The van der Waals surface area contributed by atoms with Gasteiger partial charge in [0.15, 0.2) is 0 Å². The number of urea groups is 1. The van der Waals surface area contributed by atoms with Gasteiger partial charge in [0.2, 0.25) is 0 Å². The molecule has 0 fully saturated rings. The number of anilines is 1. The van der Waals surface area contributed by atoms with Crippen molar-refractivity contribution < 1.29 is 18.5 Å². The van der Waals surface area contributed by atoms with Gasteiger partial charge < -0.3 is 10.4 Å². The molecule has 0 aliphatic rings. The monoisotopic (exact) mass is 443 g/mol. The van der Waals surface area contributed by atoms with Crippen LogP contribution >= 0.6 is 11.3 Å². The van der Waals surface area contributed by atoms with E-state index in [2.05, 4.69) is 10.0 Å². The predicted octanol–water partition coefficient (Wildman–Crippen LogP) is 4.35. The van der Waals surface area contributed by atoms with Crippen molar-refractivity contribution in [3.63, 3.8) is 0 Å². The van der Waals surface area contributed by atoms with E-state index < -0.39 is 21.9 Å². The molecule has 0 radical (unpaired) electrons. The fourth-order valence-corrected chi connectivity index (χ4v) is 5.39. The molecular formula is C20H30FN3O3S2. The molecule has 1 heterocycles. The number of carbonyl (C=O) groups excluding carboxylic acids is 1. The highest BCUT2D eigenvalue weighted by atomic mass is 32.3. The number of carbonyl (C=O) groups is 1. The number of amides is 2. The van der Waals surface area contributed by atoms with Crippen molar-refractivity contribution in [3.8, 4) is 0 Å². The van der Waals surface area contributed by atoms with Crippen molar-refractivity contribution in [2.24, 2.45) is 5.14 Å². The van der Waals surface area contributed by atoms with Gasteiger partial charge in [-0.25, -0.2) is 13.4 Å². The molecule has 0 saturated carbocycles. The van der Waals surface area contributed by atoms with Crippen molar-refractivity contribution in [1.29, 1.82) is 0 Å². The van der Waals surface area contributed by atoms with Gasteiger partial charge in [-0.3, -0.25) is 9.86 Å². The van der Waals surface area contributed by atoms with E-state index in [1.165, 1.54) is 18.2 Å². The van der Waals surface area contributed by atoms with Gasteiger partial charge in [0, 0.05) is 16.0 Å². The van der Waals surface area contributed by atoms with E-state index >= 15 is 0 Å². The Kier molecular flexibility index (Phi) is 6.89. The summed E-state index contributed by atoms with van der Waals surface area (Å²) in [6, 6.07) is 3.58. The summed E-state index contributed by atoms with van der Waals surface area (Å²) in [7, 11) is -3.70. The lowest BCUT2D eigenvalue weighted by molar-refractivity contribution is 0.0789. The van der Waals surface area contributed by atoms with Gasteiger partial charge in [0.25, 0.3) is 0 Å². The second-order valence-corrected chi connectivity index (χ2v) is 11.5. The van der Waals surface area contributed by atoms with E-state index in [1.54, 1.807) is 19.2 Å². The van der Waals surface area contributed by atoms with Crippen molar-refractivity contribution in [2.45, 2.75) is 63.2 Å². The second kappa shape index (κ2) is 8.51. The molecule has 0 atom stereocenters. The minimum Gasteiger partial charge on any atom is -0.386 e. The highest BCUT2D eigenvalue weighted by Crippen LogP contribution is 2.34. The number of nitrogens with one attached hydrogen (secondary N) is 2. The van der Waals surface area contributed by atoms with E-state index in [9.17, 15) is 18.5 Å². The topological polar surface area (TPSA) is 104 Å². The van der Waals surface area contributed by atoms with Crippen LogP contribution in [0.1, 0.15) is 70.1 Å². The van der Waals surface area contributed by atoms with Crippen molar-refractivity contribution in [1.82, 2.24) is 4.72 Å². The van der Waals surface area contributed by atoms with Crippen LogP contribution in [0.5, 0.6) is 0 Å². The number of nitrogens with two attached hydrogens (primary N) is 1. The van der Waals surface area contributed by atoms with Crippen LogP contribution in [0.2, 0.25) is 0 Å². The van der Waals surface area contributed by atoms with Gasteiger partial charge in [-0.1, -0.05) is 27.7 Å². The molecule has 2 rings (SSSR count). The number of aliphatic hydroxyl groups is 1. The SMILES string of the molecule is CC(C)c1cc(F)cc(C(C)C)c1NC(=O)N[SH](N)(=O)c1cc(C(C)(C)O)cs1. The summed E-state index contributed by atoms with van der Waals surface area (Å²) in [5.41, 5.74) is 1.25. The summed E-state index contributed by atoms with van der Waals surface area (Å²) in [5.74, 6) is -0.435. The fourth-order valence-electron chi connectivity index (χ4n) is 2.87. The number of halogens is 1. The number of hydrogen-bond donors (Lipinski definition) is 5. The molecule has 0 spiro atoms. The highest BCUT2D eigenvalue weighted by molar-refractivity contribution is 8.01. The quantitative estimate of drug-likeness (QED) is 0.429. The Hall–Kier alpha value is -1.81. The molecule has 2 aromatic rings. The molecule has 1 aromatic carbocycles. The fraction of sp³-hybridized carbons (Fsp3) is 0.450. The van der Waals surface area contributed by atoms with E-state index in [0.29, 0.717) is 22.4 Å². The molecular weight excluding hydrogens is 413 g/mol. The third-order valence-electron chi connectivity index (χ3n) is 4.53. The summed E-state index contributed by atoms with van der Waals surface area (Å²) >= 11 is 1.11. The Balaban J connectivity index is 2.31. The lowest BCUT2D eigenvalue weighted by Gasteiger charge is -2.23. The smallest absolute Gasteiger partial charge is 0.330 e. The number of hydrogen-bond acceptors (Lipinski definition) is 4. The van der Waals surface area contributed by atoms with Crippen LogP contribution in [0.3, 0.4) is 0 Å². The van der Waals surface area contributed by atoms with Crippen LogP contribution in [0.25, 0.3) is 0 Å². The molecule has 5 N–H and O–H groups in total. The molecule has 6 nitrogen and oxygen atoms in total. The maximum absolute atomic E-state index is 14.0. The molecule has 29 heavy (non-hydrogen) atoms. The molecule has 162 valence electrons. The predicted molar refractivity (Wildman–Crippen MR) is 118 cm³/mol. The maximum atomic E-state index is 14.0. The Morgan fingerprint density at radius 2 is 1.69 bits per heavy atom. The van der Waals surface area contributed by atoms with Crippen LogP contribution in [-0.2, 0) is 15.9 Å². The first-order valence-corrected chi connectivity index (χ1v) is 12.0. The zero-order valence-electron chi connectivity index (χ0n) is 17.5. The normalized spacial score (nSPS) is 13.1. The van der Waals surface area contributed by atoms with Crippen LogP contribution in [0.4, 0.5) is 14.9 Å². The third kappa shape index (κ3) is 5.63. The average molecular weight is 444 g/mol. The van der Waals surface area contributed by atoms with E-state index in [4.69, 9.17) is 5.14 Å². The Bertz CT molecular complexity index is 920. The molecule has 0 unspecified atom stereocenters. The van der Waals surface area contributed by atoms with Gasteiger partial charge in [-0.05, 0) is 66.0 Å².